The molecule has 2 aliphatic rings. The van der Waals surface area contributed by atoms with Gasteiger partial charge in [0.25, 0.3) is 0 Å². The summed E-state index contributed by atoms with van der Waals surface area (Å²) in [6.45, 7) is 2.46. The molecule has 0 saturated heterocycles. The first-order valence-corrected chi connectivity index (χ1v) is 19.3. The van der Waals surface area contributed by atoms with E-state index >= 15 is 0 Å². The first-order chi connectivity index (χ1) is 25.2. The first-order valence-electron chi connectivity index (χ1n) is 18.4. The fourth-order valence-corrected chi connectivity index (χ4v) is 9.00. The lowest BCUT2D eigenvalue weighted by molar-refractivity contribution is -0.180. The highest BCUT2D eigenvalue weighted by Crippen LogP contribution is 2.44. The monoisotopic (exact) mass is 728 g/mol. The highest BCUT2D eigenvalue weighted by Gasteiger charge is 2.49. The summed E-state index contributed by atoms with van der Waals surface area (Å²) in [5.41, 5.74) is 1.87. The molecule has 2 aromatic carbocycles. The molecule has 13 heteroatoms. The van der Waals surface area contributed by atoms with Crippen molar-refractivity contribution in [3.63, 3.8) is 0 Å². The van der Waals surface area contributed by atoms with Crippen LogP contribution in [0.1, 0.15) is 79.9 Å². The molecule has 52 heavy (non-hydrogen) atoms. The van der Waals surface area contributed by atoms with Crippen LogP contribution in [0.25, 0.3) is 21.9 Å². The number of nitrogens with zero attached hydrogens (tertiary/aromatic N) is 4. The van der Waals surface area contributed by atoms with Gasteiger partial charge in [-0.25, -0.2) is 9.48 Å². The second kappa shape index (κ2) is 15.8. The van der Waals surface area contributed by atoms with Crippen molar-refractivity contribution in [2.75, 3.05) is 20.1 Å². The fourth-order valence-electron chi connectivity index (χ4n) is 8.11. The van der Waals surface area contributed by atoms with Crippen molar-refractivity contribution in [3.8, 4) is 5.75 Å². The van der Waals surface area contributed by atoms with Gasteiger partial charge in [0.2, 0.25) is 5.56 Å². The van der Waals surface area contributed by atoms with E-state index in [-0.39, 0.29) is 29.9 Å². The SMILES string of the molecule is CN(CCCn1nnc2cc(CNC[C@H](O)c3ccc(O)c4[nH]c(=O)ccc34)ccc21)[C@H]1CC[C@H](OC(=O)C(O)(c2cccs2)C2CCCC2)CC1. The summed E-state index contributed by atoms with van der Waals surface area (Å²) >= 11 is 1.43. The van der Waals surface area contributed by atoms with Crippen molar-refractivity contribution in [3.05, 3.63) is 86.3 Å². The number of phenols is 1. The van der Waals surface area contributed by atoms with E-state index in [9.17, 15) is 24.9 Å². The van der Waals surface area contributed by atoms with E-state index in [0.29, 0.717) is 33.9 Å². The Hall–Kier alpha value is -4.14. The predicted octanol–water partition coefficient (Wildman–Crippen LogP) is 5.12. The average molecular weight is 729 g/mol. The number of fused-ring (bicyclic) bond motifs is 2. The van der Waals surface area contributed by atoms with Crippen LogP contribution in [-0.4, -0.2) is 78.4 Å². The topological polar surface area (TPSA) is 166 Å². The number of aliphatic hydroxyl groups excluding tert-OH is 1. The van der Waals surface area contributed by atoms with E-state index in [1.54, 1.807) is 12.1 Å². The quantitative estimate of drug-likeness (QED) is 0.0970. The summed E-state index contributed by atoms with van der Waals surface area (Å²) in [5, 5.41) is 47.3. The van der Waals surface area contributed by atoms with Gasteiger partial charge in [0.05, 0.1) is 17.1 Å². The molecule has 5 aromatic rings. The lowest BCUT2D eigenvalue weighted by Crippen LogP contribution is -2.45. The number of nitrogens with one attached hydrogen (secondary N) is 2. The Morgan fingerprint density at radius 2 is 1.92 bits per heavy atom. The Balaban J connectivity index is 0.856. The number of aromatic nitrogens is 4. The zero-order valence-electron chi connectivity index (χ0n) is 29.5. The van der Waals surface area contributed by atoms with Crippen LogP contribution in [0.2, 0.25) is 0 Å². The van der Waals surface area contributed by atoms with Crippen molar-refractivity contribution in [1.82, 2.24) is 30.2 Å². The number of aryl methyl sites for hydroxylation is 1. The number of rotatable bonds is 14. The molecular weight excluding hydrogens is 681 g/mol. The van der Waals surface area contributed by atoms with Gasteiger partial charge in [-0.1, -0.05) is 36.3 Å². The number of phenolic OH excluding ortho intramolecular Hbond substituents is 1. The second-order valence-electron chi connectivity index (χ2n) is 14.5. The number of hydrogen-bond donors (Lipinski definition) is 5. The number of esters is 1. The van der Waals surface area contributed by atoms with E-state index in [4.69, 9.17) is 4.74 Å². The van der Waals surface area contributed by atoms with Gasteiger partial charge in [0.1, 0.15) is 17.4 Å². The zero-order valence-corrected chi connectivity index (χ0v) is 30.4. The van der Waals surface area contributed by atoms with Crippen LogP contribution >= 0.6 is 11.3 Å². The van der Waals surface area contributed by atoms with Crippen molar-refractivity contribution in [2.24, 2.45) is 5.92 Å². The third-order valence-electron chi connectivity index (χ3n) is 11.1. The minimum atomic E-state index is -1.54. The van der Waals surface area contributed by atoms with Crippen LogP contribution in [0.15, 0.2) is 64.8 Å². The molecule has 2 atom stereocenters. The number of benzene rings is 2. The van der Waals surface area contributed by atoms with Crippen LogP contribution in [0.3, 0.4) is 0 Å². The number of aromatic hydroxyl groups is 1. The van der Waals surface area contributed by atoms with Crippen molar-refractivity contribution < 1.29 is 24.9 Å². The molecule has 3 aromatic heterocycles. The molecule has 7 rings (SSSR count). The van der Waals surface area contributed by atoms with Gasteiger partial charge < -0.3 is 35.3 Å². The van der Waals surface area contributed by atoms with Crippen LogP contribution < -0.4 is 10.9 Å². The van der Waals surface area contributed by atoms with Crippen LogP contribution in [0.5, 0.6) is 5.75 Å². The highest BCUT2D eigenvalue weighted by atomic mass is 32.1. The number of ether oxygens (including phenoxy) is 1. The molecule has 0 bridgehead atoms. The molecule has 1 unspecified atom stereocenters. The summed E-state index contributed by atoms with van der Waals surface area (Å²) < 4.78 is 7.96. The number of thiophene rings is 1. The minimum absolute atomic E-state index is 0.0383. The van der Waals surface area contributed by atoms with Gasteiger partial charge >= 0.3 is 5.97 Å². The van der Waals surface area contributed by atoms with E-state index in [1.165, 1.54) is 23.5 Å². The number of carbonyl (C=O) groups is 1. The summed E-state index contributed by atoms with van der Waals surface area (Å²) in [6.07, 6.45) is 7.18. The number of H-pyrrole nitrogens is 1. The first kappa shape index (κ1) is 36.2. The van der Waals surface area contributed by atoms with Gasteiger partial charge in [-0.3, -0.25) is 4.79 Å². The smallest absolute Gasteiger partial charge is 0.344 e. The molecule has 0 aliphatic heterocycles. The van der Waals surface area contributed by atoms with Crippen molar-refractivity contribution >= 4 is 39.2 Å². The third kappa shape index (κ3) is 7.65. The molecule has 12 nitrogen and oxygen atoms in total. The Kier molecular flexibility index (Phi) is 11.0. The van der Waals surface area contributed by atoms with Crippen LogP contribution in [-0.2, 0) is 28.2 Å². The summed E-state index contributed by atoms with van der Waals surface area (Å²) in [6, 6.07) is 16.4. The Morgan fingerprint density at radius 1 is 1.12 bits per heavy atom. The van der Waals surface area contributed by atoms with Gasteiger partial charge in [0.15, 0.2) is 5.60 Å². The zero-order chi connectivity index (χ0) is 36.2. The average Bonchev–Trinajstić information content (AvgIpc) is 3.96. The Bertz CT molecular complexity index is 2030. The molecule has 0 amide bonds. The van der Waals surface area contributed by atoms with Gasteiger partial charge in [-0.2, -0.15) is 0 Å². The molecule has 2 aliphatic carbocycles. The second-order valence-corrected chi connectivity index (χ2v) is 15.4. The Labute approximate surface area is 306 Å². The normalized spacial score (nSPS) is 20.1. The molecule has 2 saturated carbocycles. The van der Waals surface area contributed by atoms with Crippen LogP contribution in [0.4, 0.5) is 0 Å². The molecule has 2 fully saturated rings. The van der Waals surface area contributed by atoms with Crippen molar-refractivity contribution in [2.45, 2.75) is 94.7 Å². The van der Waals surface area contributed by atoms with Crippen LogP contribution in [0, 0.1) is 5.92 Å². The maximum Gasteiger partial charge on any atom is 0.344 e. The molecule has 3 heterocycles. The van der Waals surface area contributed by atoms with E-state index in [2.05, 4.69) is 32.6 Å². The lowest BCUT2D eigenvalue weighted by atomic mass is 9.84. The van der Waals surface area contributed by atoms with E-state index in [1.807, 2.05) is 40.4 Å². The number of hydrogen-bond acceptors (Lipinski definition) is 11. The standard InChI is InChI=1S/C39H48N6O6S/c1-44(27-10-12-28(13-11-27)51-38(49)39(50,26-6-2-3-7-26)35-8-4-21-52-35)19-5-20-45-32-16-9-25(22-31(32)42-43-45)23-40-24-34(47)29-14-17-33(46)37-30(29)15-18-36(48)41-37/h4,8-9,14-18,21-22,26-28,34,40,46-47,50H,2-3,5-7,10-13,19-20,23-24H2,1H3,(H,41,48)/t27-,28-,34-,39?/m0/s1. The number of aromatic amines is 1. The lowest BCUT2D eigenvalue weighted by Gasteiger charge is -2.37. The maximum absolute atomic E-state index is 13.5. The number of carbonyl (C=O) groups excluding carboxylic acids is 1. The maximum atomic E-state index is 13.5. The molecule has 0 spiro atoms. The van der Waals surface area contributed by atoms with Gasteiger partial charge in [0, 0.05) is 47.9 Å². The highest BCUT2D eigenvalue weighted by molar-refractivity contribution is 7.10. The summed E-state index contributed by atoms with van der Waals surface area (Å²) in [7, 11) is 2.16. The van der Waals surface area contributed by atoms with Crippen molar-refractivity contribution in [1.29, 1.82) is 0 Å². The number of pyridine rings is 1. The number of aliphatic hydroxyl groups is 2. The van der Waals surface area contributed by atoms with E-state index < -0.39 is 17.7 Å². The van der Waals surface area contributed by atoms with E-state index in [0.717, 1.165) is 87.5 Å². The largest absolute Gasteiger partial charge is 0.506 e. The molecular formula is C39H48N6O6S. The fraction of sp³-hybridized carbons (Fsp3) is 0.487. The Morgan fingerprint density at radius 3 is 2.69 bits per heavy atom. The summed E-state index contributed by atoms with van der Waals surface area (Å²) in [5.74, 6) is -0.590. The minimum Gasteiger partial charge on any atom is -0.506 e. The summed E-state index contributed by atoms with van der Waals surface area (Å²) in [4.78, 5) is 30.9. The predicted molar refractivity (Wildman–Crippen MR) is 200 cm³/mol. The molecule has 276 valence electrons. The van der Waals surface area contributed by atoms with Gasteiger partial charge in [-0.05, 0) is 105 Å². The molecule has 5 N–H and O–H groups in total. The van der Waals surface area contributed by atoms with Gasteiger partial charge in [-0.15, -0.1) is 16.4 Å². The molecule has 0 radical (unpaired) electrons. The third-order valence-corrected chi connectivity index (χ3v) is 12.1.